The Bertz CT molecular complexity index is 1070. The average molecular weight is 481 g/mol. The number of carbonyl (C=O) groups is 4. The molecule has 1 aliphatic rings. The van der Waals surface area contributed by atoms with Crippen molar-refractivity contribution in [3.63, 3.8) is 0 Å². The lowest BCUT2D eigenvalue weighted by atomic mass is 9.80. The predicted molar refractivity (Wildman–Crippen MR) is 130 cm³/mol. The highest BCUT2D eigenvalue weighted by Crippen LogP contribution is 2.35. The molecule has 2 aromatic carbocycles. The van der Waals surface area contributed by atoms with E-state index in [4.69, 9.17) is 9.47 Å². The summed E-state index contributed by atoms with van der Waals surface area (Å²) < 4.78 is 10.8. The van der Waals surface area contributed by atoms with E-state index >= 15 is 0 Å². The molecule has 1 N–H and O–H groups in total. The maximum Gasteiger partial charge on any atom is 0.407 e. The van der Waals surface area contributed by atoms with Gasteiger partial charge in [-0.3, -0.25) is 14.5 Å². The number of nitrogens with zero attached hydrogens (tertiary/aromatic N) is 1. The first-order chi connectivity index (χ1) is 16.4. The van der Waals surface area contributed by atoms with Crippen LogP contribution in [0.5, 0.6) is 0 Å². The molecule has 1 aliphatic heterocycles. The number of imide groups is 1. The zero-order valence-corrected chi connectivity index (χ0v) is 20.8. The van der Waals surface area contributed by atoms with Crippen molar-refractivity contribution >= 4 is 23.9 Å². The van der Waals surface area contributed by atoms with Crippen molar-refractivity contribution in [2.75, 3.05) is 6.54 Å². The molecular formula is C27H32N2O6. The lowest BCUT2D eigenvalue weighted by Gasteiger charge is -2.37. The summed E-state index contributed by atoms with van der Waals surface area (Å²) in [7, 11) is 0. The van der Waals surface area contributed by atoms with Gasteiger partial charge < -0.3 is 14.8 Å². The third-order valence-electron chi connectivity index (χ3n) is 5.71. The van der Waals surface area contributed by atoms with Gasteiger partial charge >= 0.3 is 12.1 Å². The second kappa shape index (κ2) is 10.3. The zero-order chi connectivity index (χ0) is 25.8. The monoisotopic (exact) mass is 480 g/mol. The van der Waals surface area contributed by atoms with Crippen LogP contribution in [-0.2, 0) is 20.9 Å². The first-order valence-corrected chi connectivity index (χ1v) is 11.5. The van der Waals surface area contributed by atoms with Crippen molar-refractivity contribution in [2.24, 2.45) is 5.41 Å². The SMILES string of the molecule is CC(C)(C)OC(=O)NCCC(C)(C)C(C(=O)OCc1ccccc1)N1C(=O)c2ccccc2C1=O. The van der Waals surface area contributed by atoms with Gasteiger partial charge in [-0.15, -0.1) is 0 Å². The molecule has 35 heavy (non-hydrogen) atoms. The minimum Gasteiger partial charge on any atom is -0.459 e. The smallest absolute Gasteiger partial charge is 0.407 e. The first kappa shape index (κ1) is 25.9. The molecule has 0 radical (unpaired) electrons. The standard InChI is InChI=1S/C27H32N2O6/c1-26(2,3)35-25(33)28-16-15-27(4,5)21(24(32)34-17-18-11-7-6-8-12-18)29-22(30)19-13-9-10-14-20(19)23(29)31/h6-14,21H,15-17H2,1-5H3,(H,28,33). The number of nitrogens with one attached hydrogen (secondary N) is 1. The number of amides is 3. The molecule has 0 spiro atoms. The fraction of sp³-hybridized carbons (Fsp3) is 0.407. The Morgan fingerprint density at radius 2 is 1.43 bits per heavy atom. The molecule has 3 rings (SSSR count). The van der Waals surface area contributed by atoms with Crippen molar-refractivity contribution in [1.29, 1.82) is 0 Å². The van der Waals surface area contributed by atoms with Crippen molar-refractivity contribution in [3.05, 3.63) is 71.3 Å². The van der Waals surface area contributed by atoms with Crippen molar-refractivity contribution in [1.82, 2.24) is 10.2 Å². The summed E-state index contributed by atoms with van der Waals surface area (Å²) in [5.41, 5.74) is -0.284. The molecule has 2 aromatic rings. The van der Waals surface area contributed by atoms with Crippen LogP contribution in [-0.4, -0.2) is 47.0 Å². The molecule has 1 atom stereocenters. The van der Waals surface area contributed by atoms with Crippen LogP contribution in [0.2, 0.25) is 0 Å². The third-order valence-corrected chi connectivity index (χ3v) is 5.71. The summed E-state index contributed by atoms with van der Waals surface area (Å²) in [6.07, 6.45) is -0.303. The maximum absolute atomic E-state index is 13.4. The number of hydrogen-bond acceptors (Lipinski definition) is 6. The Balaban J connectivity index is 1.82. The number of benzene rings is 2. The van der Waals surface area contributed by atoms with Crippen LogP contribution < -0.4 is 5.32 Å². The molecule has 0 bridgehead atoms. The van der Waals surface area contributed by atoms with Crippen LogP contribution in [0.4, 0.5) is 4.79 Å². The molecule has 0 saturated carbocycles. The molecule has 8 heteroatoms. The van der Waals surface area contributed by atoms with E-state index in [1.165, 1.54) is 0 Å². The van der Waals surface area contributed by atoms with Gasteiger partial charge in [-0.2, -0.15) is 0 Å². The van der Waals surface area contributed by atoms with E-state index in [0.717, 1.165) is 10.5 Å². The van der Waals surface area contributed by atoms with E-state index in [-0.39, 0.29) is 30.7 Å². The molecule has 1 unspecified atom stereocenters. The van der Waals surface area contributed by atoms with Crippen molar-refractivity contribution < 1.29 is 28.7 Å². The number of esters is 1. The first-order valence-electron chi connectivity index (χ1n) is 11.5. The van der Waals surface area contributed by atoms with Gasteiger partial charge in [0.15, 0.2) is 0 Å². The summed E-state index contributed by atoms with van der Waals surface area (Å²) in [5, 5.41) is 2.68. The van der Waals surface area contributed by atoms with Crippen LogP contribution in [0, 0.1) is 5.41 Å². The van der Waals surface area contributed by atoms with E-state index in [1.807, 2.05) is 30.3 Å². The van der Waals surface area contributed by atoms with E-state index in [1.54, 1.807) is 58.9 Å². The third kappa shape index (κ3) is 6.26. The normalized spacial score (nSPS) is 14.4. The van der Waals surface area contributed by atoms with Crippen molar-refractivity contribution in [3.8, 4) is 0 Å². The number of rotatable bonds is 8. The van der Waals surface area contributed by atoms with E-state index in [0.29, 0.717) is 0 Å². The van der Waals surface area contributed by atoms with Crippen LogP contribution in [0.15, 0.2) is 54.6 Å². The fourth-order valence-electron chi connectivity index (χ4n) is 3.96. The number of fused-ring (bicyclic) bond motifs is 1. The Hall–Kier alpha value is -3.68. The van der Waals surface area contributed by atoms with Gasteiger partial charge in [-0.25, -0.2) is 9.59 Å². The van der Waals surface area contributed by atoms with Gasteiger partial charge in [-0.1, -0.05) is 56.3 Å². The highest BCUT2D eigenvalue weighted by atomic mass is 16.6. The van der Waals surface area contributed by atoms with Gasteiger partial charge in [0.25, 0.3) is 11.8 Å². The molecule has 0 fully saturated rings. The van der Waals surface area contributed by atoms with Crippen LogP contribution >= 0.6 is 0 Å². The molecule has 8 nitrogen and oxygen atoms in total. The number of ether oxygens (including phenoxy) is 2. The number of hydrogen-bond donors (Lipinski definition) is 1. The highest BCUT2D eigenvalue weighted by Gasteiger charge is 2.49. The Kier molecular flexibility index (Phi) is 7.63. The van der Waals surface area contributed by atoms with E-state index in [2.05, 4.69) is 5.32 Å². The topological polar surface area (TPSA) is 102 Å². The Labute approximate surface area is 205 Å². The van der Waals surface area contributed by atoms with Gasteiger partial charge in [0.1, 0.15) is 18.2 Å². The minimum atomic E-state index is -1.20. The maximum atomic E-state index is 13.4. The second-order valence-electron chi connectivity index (χ2n) is 10.2. The second-order valence-corrected chi connectivity index (χ2v) is 10.2. The molecule has 0 aromatic heterocycles. The number of alkyl carbamates (subject to hydrolysis) is 1. The van der Waals surface area contributed by atoms with Crippen LogP contribution in [0.3, 0.4) is 0 Å². The molecule has 0 saturated heterocycles. The fourth-order valence-corrected chi connectivity index (χ4v) is 3.96. The van der Waals surface area contributed by atoms with Crippen molar-refractivity contribution in [2.45, 2.75) is 59.3 Å². The lowest BCUT2D eigenvalue weighted by Crippen LogP contribution is -2.54. The van der Waals surface area contributed by atoms with Crippen LogP contribution in [0.1, 0.15) is 67.3 Å². The Morgan fingerprint density at radius 3 is 1.97 bits per heavy atom. The summed E-state index contributed by atoms with van der Waals surface area (Å²) in [5.74, 6) is -1.77. The molecule has 1 heterocycles. The molecule has 3 amide bonds. The van der Waals surface area contributed by atoms with E-state index < -0.39 is 40.9 Å². The van der Waals surface area contributed by atoms with Gasteiger partial charge in [0.05, 0.1) is 11.1 Å². The zero-order valence-electron chi connectivity index (χ0n) is 20.8. The lowest BCUT2D eigenvalue weighted by molar-refractivity contribution is -0.154. The highest BCUT2D eigenvalue weighted by molar-refractivity contribution is 6.22. The van der Waals surface area contributed by atoms with Gasteiger partial charge in [0.2, 0.25) is 0 Å². The summed E-state index contributed by atoms with van der Waals surface area (Å²) >= 11 is 0. The summed E-state index contributed by atoms with van der Waals surface area (Å²) in [4.78, 5) is 52.9. The molecule has 186 valence electrons. The molecule has 0 aliphatic carbocycles. The van der Waals surface area contributed by atoms with E-state index in [9.17, 15) is 19.2 Å². The molecular weight excluding hydrogens is 448 g/mol. The van der Waals surface area contributed by atoms with Gasteiger partial charge in [0, 0.05) is 6.54 Å². The summed E-state index contributed by atoms with van der Waals surface area (Å²) in [6.45, 7) is 9.00. The summed E-state index contributed by atoms with van der Waals surface area (Å²) in [6, 6.07) is 14.4. The quantitative estimate of drug-likeness (QED) is 0.446. The largest absolute Gasteiger partial charge is 0.459 e. The van der Waals surface area contributed by atoms with Crippen LogP contribution in [0.25, 0.3) is 0 Å². The average Bonchev–Trinajstić information content (AvgIpc) is 3.02. The Morgan fingerprint density at radius 1 is 0.886 bits per heavy atom. The predicted octanol–water partition coefficient (Wildman–Crippen LogP) is 4.34. The number of carbonyl (C=O) groups excluding carboxylic acids is 4. The minimum absolute atomic E-state index is 0.00554. The van der Waals surface area contributed by atoms with Gasteiger partial charge in [-0.05, 0) is 50.3 Å².